The molecule has 0 aromatic heterocycles. The van der Waals surface area contributed by atoms with Gasteiger partial charge in [-0.2, -0.15) is 0 Å². The molecule has 0 aliphatic carbocycles. The molecular weight excluding hydrogens is 236 g/mol. The molecule has 1 fully saturated rings. The minimum atomic E-state index is 0.683. The molecule has 2 atom stereocenters. The predicted molar refractivity (Wildman–Crippen MR) is 86.9 cm³/mol. The maximum atomic E-state index is 5.34. The first-order chi connectivity index (χ1) is 9.36. The van der Waals surface area contributed by atoms with Crippen molar-refractivity contribution >= 4 is 0 Å². The second-order valence-corrected chi connectivity index (χ2v) is 4.50. The molecule has 0 amide bonds. The van der Waals surface area contributed by atoms with Gasteiger partial charge in [-0.15, -0.1) is 0 Å². The minimum Gasteiger partial charge on any atom is -0.381 e. The van der Waals surface area contributed by atoms with Crippen LogP contribution in [0.3, 0.4) is 0 Å². The molecule has 0 aromatic carbocycles. The van der Waals surface area contributed by atoms with Crippen LogP contribution in [-0.4, -0.2) is 39.4 Å². The van der Waals surface area contributed by atoms with E-state index in [2.05, 4.69) is 24.6 Å². The molecule has 0 spiro atoms. The molecule has 3 heteroatoms. The first-order valence-corrected chi connectivity index (χ1v) is 8.32. The lowest BCUT2D eigenvalue weighted by atomic mass is 10.1. The van der Waals surface area contributed by atoms with Gasteiger partial charge >= 0.3 is 0 Å². The Kier molecular flexibility index (Phi) is 19.9. The Labute approximate surface area is 121 Å². The molecule has 0 radical (unpaired) electrons. The van der Waals surface area contributed by atoms with E-state index in [1.807, 2.05) is 27.7 Å². The summed E-state index contributed by atoms with van der Waals surface area (Å²) >= 11 is 0. The van der Waals surface area contributed by atoms with Gasteiger partial charge in [-0.1, -0.05) is 41.0 Å². The summed E-state index contributed by atoms with van der Waals surface area (Å²) in [5.41, 5.74) is 0. The van der Waals surface area contributed by atoms with Crippen LogP contribution in [0.15, 0.2) is 0 Å². The van der Waals surface area contributed by atoms with Crippen molar-refractivity contribution in [2.45, 2.75) is 66.3 Å². The van der Waals surface area contributed by atoms with E-state index >= 15 is 0 Å². The number of ether oxygens (including phenoxy) is 1. The smallest absolute Gasteiger partial charge is 0.0507 e. The highest BCUT2D eigenvalue weighted by molar-refractivity contribution is 4.69. The summed E-state index contributed by atoms with van der Waals surface area (Å²) in [5.74, 6) is 0.754. The molecule has 1 aliphatic rings. The highest BCUT2D eigenvalue weighted by Gasteiger charge is 2.14. The maximum Gasteiger partial charge on any atom is 0.0507 e. The van der Waals surface area contributed by atoms with Crippen LogP contribution in [0.25, 0.3) is 0 Å². The molecule has 1 rings (SSSR count). The van der Waals surface area contributed by atoms with Crippen LogP contribution in [0, 0.1) is 5.92 Å². The molecular formula is C16H38N2O. The van der Waals surface area contributed by atoms with E-state index in [9.17, 15) is 0 Å². The third kappa shape index (κ3) is 12.6. The van der Waals surface area contributed by atoms with Gasteiger partial charge in [0.2, 0.25) is 0 Å². The van der Waals surface area contributed by atoms with Gasteiger partial charge in [0.15, 0.2) is 0 Å². The first-order valence-electron chi connectivity index (χ1n) is 8.32. The Morgan fingerprint density at radius 2 is 1.84 bits per heavy atom. The Morgan fingerprint density at radius 3 is 2.32 bits per heavy atom. The molecule has 1 aliphatic heterocycles. The van der Waals surface area contributed by atoms with Gasteiger partial charge in [-0.25, -0.2) is 0 Å². The van der Waals surface area contributed by atoms with Crippen LogP contribution in [0.2, 0.25) is 0 Å². The van der Waals surface area contributed by atoms with Gasteiger partial charge in [0.05, 0.1) is 6.61 Å². The summed E-state index contributed by atoms with van der Waals surface area (Å²) in [6, 6.07) is 0.683. The van der Waals surface area contributed by atoms with Crippen molar-refractivity contribution in [3.05, 3.63) is 0 Å². The number of hydrogen-bond acceptors (Lipinski definition) is 3. The van der Waals surface area contributed by atoms with Crippen molar-refractivity contribution in [3.63, 3.8) is 0 Å². The normalized spacial score (nSPS) is 18.9. The second kappa shape index (κ2) is 17.9. The lowest BCUT2D eigenvalue weighted by Crippen LogP contribution is -2.31. The summed E-state index contributed by atoms with van der Waals surface area (Å²) in [5, 5.41) is 6.90. The van der Waals surface area contributed by atoms with Crippen molar-refractivity contribution in [2.24, 2.45) is 5.92 Å². The molecule has 2 N–H and O–H groups in total. The summed E-state index contributed by atoms with van der Waals surface area (Å²) < 4.78 is 5.34. The standard InChI is InChI=1S/C12H26N2O.2C2H6/c1-3-4-12(13-2)5-7-14-9-11-6-8-15-10-11;2*1-2/h11-14H,3-10H2,1-2H3;2*1-2H3. The van der Waals surface area contributed by atoms with Gasteiger partial charge in [-0.3, -0.25) is 0 Å². The Hall–Kier alpha value is -0.120. The fourth-order valence-electron chi connectivity index (χ4n) is 2.11. The van der Waals surface area contributed by atoms with E-state index in [0.717, 1.165) is 32.2 Å². The fourth-order valence-corrected chi connectivity index (χ4v) is 2.11. The zero-order valence-electron chi connectivity index (χ0n) is 14.2. The van der Waals surface area contributed by atoms with Gasteiger partial charge < -0.3 is 15.4 Å². The van der Waals surface area contributed by atoms with Gasteiger partial charge in [0.1, 0.15) is 0 Å². The largest absolute Gasteiger partial charge is 0.381 e. The Morgan fingerprint density at radius 1 is 1.16 bits per heavy atom. The summed E-state index contributed by atoms with van der Waals surface area (Å²) in [6.07, 6.45) is 5.02. The lowest BCUT2D eigenvalue weighted by Gasteiger charge is -2.16. The number of nitrogens with one attached hydrogen (secondary N) is 2. The van der Waals surface area contributed by atoms with Crippen molar-refractivity contribution < 1.29 is 4.74 Å². The van der Waals surface area contributed by atoms with E-state index in [0.29, 0.717) is 6.04 Å². The van der Waals surface area contributed by atoms with Crippen LogP contribution in [0.5, 0.6) is 0 Å². The van der Waals surface area contributed by atoms with Gasteiger partial charge in [0.25, 0.3) is 0 Å². The lowest BCUT2D eigenvalue weighted by molar-refractivity contribution is 0.185. The Bertz CT molecular complexity index is 148. The third-order valence-corrected chi connectivity index (χ3v) is 3.17. The van der Waals surface area contributed by atoms with E-state index in [1.165, 1.54) is 25.7 Å². The Balaban J connectivity index is 0. The van der Waals surface area contributed by atoms with Crippen LogP contribution in [0.4, 0.5) is 0 Å². The third-order valence-electron chi connectivity index (χ3n) is 3.17. The predicted octanol–water partition coefficient (Wildman–Crippen LogP) is 3.44. The van der Waals surface area contributed by atoms with E-state index < -0.39 is 0 Å². The maximum absolute atomic E-state index is 5.34. The average Bonchev–Trinajstić information content (AvgIpc) is 3.00. The van der Waals surface area contributed by atoms with E-state index in [-0.39, 0.29) is 0 Å². The monoisotopic (exact) mass is 274 g/mol. The molecule has 19 heavy (non-hydrogen) atoms. The van der Waals surface area contributed by atoms with Crippen molar-refractivity contribution in [1.29, 1.82) is 0 Å². The molecule has 118 valence electrons. The molecule has 0 saturated carbocycles. The zero-order chi connectivity index (χ0) is 14.9. The van der Waals surface area contributed by atoms with E-state index in [4.69, 9.17) is 4.74 Å². The van der Waals surface area contributed by atoms with Crippen LogP contribution >= 0.6 is 0 Å². The SMILES string of the molecule is CC.CC.CCCC(CCNCC1CCOC1)NC. The highest BCUT2D eigenvalue weighted by Crippen LogP contribution is 2.10. The van der Waals surface area contributed by atoms with Gasteiger partial charge in [-0.05, 0) is 38.8 Å². The van der Waals surface area contributed by atoms with Gasteiger partial charge in [0, 0.05) is 19.2 Å². The minimum absolute atomic E-state index is 0.683. The average molecular weight is 274 g/mol. The quantitative estimate of drug-likeness (QED) is 0.665. The van der Waals surface area contributed by atoms with E-state index in [1.54, 1.807) is 0 Å². The van der Waals surface area contributed by atoms with Crippen molar-refractivity contribution in [3.8, 4) is 0 Å². The summed E-state index contributed by atoms with van der Waals surface area (Å²) in [4.78, 5) is 0. The summed E-state index contributed by atoms with van der Waals surface area (Å²) in [6.45, 7) is 14.4. The highest BCUT2D eigenvalue weighted by atomic mass is 16.5. The second-order valence-electron chi connectivity index (χ2n) is 4.50. The van der Waals surface area contributed by atoms with Crippen LogP contribution in [-0.2, 0) is 4.74 Å². The van der Waals surface area contributed by atoms with Crippen LogP contribution < -0.4 is 10.6 Å². The van der Waals surface area contributed by atoms with Crippen molar-refractivity contribution in [2.75, 3.05) is 33.4 Å². The molecule has 1 saturated heterocycles. The molecule has 3 nitrogen and oxygen atoms in total. The zero-order valence-corrected chi connectivity index (χ0v) is 14.2. The topological polar surface area (TPSA) is 33.3 Å². The molecule has 2 unspecified atom stereocenters. The summed E-state index contributed by atoms with van der Waals surface area (Å²) in [7, 11) is 2.06. The molecule has 0 bridgehead atoms. The van der Waals surface area contributed by atoms with Crippen molar-refractivity contribution in [1.82, 2.24) is 10.6 Å². The van der Waals surface area contributed by atoms with Crippen LogP contribution in [0.1, 0.15) is 60.3 Å². The number of rotatable bonds is 8. The molecule has 1 heterocycles. The molecule has 0 aromatic rings. The number of hydrogen-bond donors (Lipinski definition) is 2. The fraction of sp³-hybridized carbons (Fsp3) is 1.00. The first kappa shape index (κ1) is 21.2.